The zero-order valence-electron chi connectivity index (χ0n) is 19.7. The molecular weight excluding hydrogens is 463 g/mol. The molecule has 1 amide bonds. The van der Waals surface area contributed by atoms with Crippen LogP contribution >= 0.6 is 0 Å². The molecule has 0 spiro atoms. The lowest BCUT2D eigenvalue weighted by molar-refractivity contribution is -0.117. The van der Waals surface area contributed by atoms with E-state index >= 15 is 0 Å². The number of benzene rings is 2. The SMILES string of the molecule is COc1ccc(-c2nn(Cc3ccccc3F)cc2C=C(C#N)C(=O)NCc2ccco2)cc1OC. The van der Waals surface area contributed by atoms with Crippen molar-refractivity contribution in [3.63, 3.8) is 0 Å². The van der Waals surface area contributed by atoms with E-state index in [9.17, 15) is 14.4 Å². The smallest absolute Gasteiger partial charge is 0.262 e. The van der Waals surface area contributed by atoms with Crippen LogP contribution < -0.4 is 14.8 Å². The maximum absolute atomic E-state index is 14.3. The van der Waals surface area contributed by atoms with Gasteiger partial charge in [0.15, 0.2) is 11.5 Å². The van der Waals surface area contributed by atoms with Gasteiger partial charge in [-0.2, -0.15) is 10.4 Å². The summed E-state index contributed by atoms with van der Waals surface area (Å²) in [6.07, 6.45) is 4.62. The molecule has 2 aromatic carbocycles. The predicted octanol–water partition coefficient (Wildman–Crippen LogP) is 4.57. The molecule has 0 unspecified atom stereocenters. The van der Waals surface area contributed by atoms with Gasteiger partial charge in [0.25, 0.3) is 5.91 Å². The number of carbonyl (C=O) groups is 1. The Morgan fingerprint density at radius 1 is 1.17 bits per heavy atom. The summed E-state index contributed by atoms with van der Waals surface area (Å²) in [7, 11) is 3.06. The first-order chi connectivity index (χ1) is 17.5. The summed E-state index contributed by atoms with van der Waals surface area (Å²) in [6, 6.07) is 17.1. The molecule has 4 rings (SSSR count). The lowest BCUT2D eigenvalue weighted by Gasteiger charge is -2.09. The Kier molecular flexibility index (Phi) is 7.46. The normalized spacial score (nSPS) is 11.1. The van der Waals surface area contributed by atoms with Crippen molar-refractivity contribution in [2.75, 3.05) is 14.2 Å². The fraction of sp³-hybridized carbons (Fsp3) is 0.148. The van der Waals surface area contributed by atoms with Gasteiger partial charge in [-0.3, -0.25) is 9.48 Å². The van der Waals surface area contributed by atoms with Crippen molar-refractivity contribution in [2.45, 2.75) is 13.1 Å². The van der Waals surface area contributed by atoms with Crippen molar-refractivity contribution in [3.05, 3.63) is 95.3 Å². The maximum atomic E-state index is 14.3. The molecule has 36 heavy (non-hydrogen) atoms. The highest BCUT2D eigenvalue weighted by atomic mass is 19.1. The molecule has 0 radical (unpaired) electrons. The molecule has 0 atom stereocenters. The first-order valence-corrected chi connectivity index (χ1v) is 11.0. The third-order valence-electron chi connectivity index (χ3n) is 5.41. The molecule has 0 saturated carbocycles. The Morgan fingerprint density at radius 2 is 1.97 bits per heavy atom. The van der Waals surface area contributed by atoms with Crippen molar-refractivity contribution in [2.24, 2.45) is 0 Å². The Labute approximate surface area is 207 Å². The van der Waals surface area contributed by atoms with E-state index in [0.717, 1.165) is 0 Å². The summed E-state index contributed by atoms with van der Waals surface area (Å²) in [6.45, 7) is 0.299. The number of aromatic nitrogens is 2. The fourth-order valence-corrected chi connectivity index (χ4v) is 3.61. The van der Waals surface area contributed by atoms with Crippen molar-refractivity contribution in [1.29, 1.82) is 5.26 Å². The lowest BCUT2D eigenvalue weighted by atomic mass is 10.1. The molecule has 2 heterocycles. The number of rotatable bonds is 9. The van der Waals surface area contributed by atoms with Crippen LogP contribution in [-0.4, -0.2) is 29.9 Å². The molecule has 9 heteroatoms. The van der Waals surface area contributed by atoms with Gasteiger partial charge in [0, 0.05) is 22.9 Å². The highest BCUT2D eigenvalue weighted by Gasteiger charge is 2.17. The van der Waals surface area contributed by atoms with Crippen molar-refractivity contribution >= 4 is 12.0 Å². The third kappa shape index (κ3) is 5.45. The monoisotopic (exact) mass is 486 g/mol. The van der Waals surface area contributed by atoms with E-state index in [1.165, 1.54) is 32.6 Å². The average molecular weight is 487 g/mol. The number of hydrogen-bond acceptors (Lipinski definition) is 6. The van der Waals surface area contributed by atoms with Gasteiger partial charge in [-0.1, -0.05) is 18.2 Å². The van der Waals surface area contributed by atoms with Crippen LogP contribution in [0.3, 0.4) is 0 Å². The Balaban J connectivity index is 1.72. The zero-order chi connectivity index (χ0) is 25.5. The van der Waals surface area contributed by atoms with Gasteiger partial charge in [0.1, 0.15) is 23.2 Å². The zero-order valence-corrected chi connectivity index (χ0v) is 19.7. The number of amides is 1. The lowest BCUT2D eigenvalue weighted by Crippen LogP contribution is -2.23. The van der Waals surface area contributed by atoms with E-state index in [2.05, 4.69) is 10.4 Å². The Bertz CT molecular complexity index is 1430. The van der Waals surface area contributed by atoms with Crippen LogP contribution in [0.4, 0.5) is 4.39 Å². The molecule has 1 N–H and O–H groups in total. The van der Waals surface area contributed by atoms with E-state index in [-0.39, 0.29) is 24.5 Å². The first kappa shape index (κ1) is 24.3. The number of nitriles is 1. The largest absolute Gasteiger partial charge is 0.493 e. The van der Waals surface area contributed by atoms with Crippen LogP contribution in [0.15, 0.2) is 77.0 Å². The van der Waals surface area contributed by atoms with E-state index in [1.807, 2.05) is 6.07 Å². The number of furan rings is 1. The minimum absolute atomic E-state index is 0.117. The summed E-state index contributed by atoms with van der Waals surface area (Å²) < 4.78 is 31.8. The molecule has 8 nitrogen and oxygen atoms in total. The van der Waals surface area contributed by atoms with Gasteiger partial charge < -0.3 is 19.2 Å². The summed E-state index contributed by atoms with van der Waals surface area (Å²) in [5, 5.41) is 17.0. The first-order valence-electron chi connectivity index (χ1n) is 11.0. The van der Waals surface area contributed by atoms with Crippen molar-refractivity contribution in [1.82, 2.24) is 15.1 Å². The number of ether oxygens (including phenoxy) is 2. The highest BCUT2D eigenvalue weighted by Crippen LogP contribution is 2.33. The molecule has 0 aliphatic rings. The topological polar surface area (TPSA) is 102 Å². The second-order valence-electron chi connectivity index (χ2n) is 7.72. The fourth-order valence-electron chi connectivity index (χ4n) is 3.61. The Morgan fingerprint density at radius 3 is 2.67 bits per heavy atom. The quantitative estimate of drug-likeness (QED) is 0.275. The van der Waals surface area contributed by atoms with Crippen LogP contribution in [0, 0.1) is 17.1 Å². The molecule has 0 saturated heterocycles. The molecule has 2 aromatic heterocycles. The van der Waals surface area contributed by atoms with Crippen LogP contribution in [0.1, 0.15) is 16.9 Å². The highest BCUT2D eigenvalue weighted by molar-refractivity contribution is 6.02. The Hall–Kier alpha value is -4.84. The number of nitrogens with one attached hydrogen (secondary N) is 1. The molecule has 4 aromatic rings. The molecule has 0 aliphatic heterocycles. The molecular formula is C27H23FN4O4. The number of hydrogen-bond donors (Lipinski definition) is 1. The second kappa shape index (κ2) is 11.1. The van der Waals surface area contributed by atoms with E-state index < -0.39 is 5.91 Å². The van der Waals surface area contributed by atoms with Gasteiger partial charge in [-0.05, 0) is 42.5 Å². The number of nitrogens with zero attached hydrogens (tertiary/aromatic N) is 3. The van der Waals surface area contributed by atoms with Gasteiger partial charge in [-0.25, -0.2) is 4.39 Å². The number of halogens is 1. The average Bonchev–Trinajstić information content (AvgIpc) is 3.56. The van der Waals surface area contributed by atoms with Gasteiger partial charge in [0.05, 0.1) is 39.3 Å². The van der Waals surface area contributed by atoms with E-state index in [1.54, 1.807) is 59.4 Å². The number of carbonyl (C=O) groups excluding carboxylic acids is 1. The molecule has 0 fully saturated rings. The van der Waals surface area contributed by atoms with Gasteiger partial charge in [-0.15, -0.1) is 0 Å². The predicted molar refractivity (Wildman–Crippen MR) is 130 cm³/mol. The van der Waals surface area contributed by atoms with Crippen molar-refractivity contribution in [3.8, 4) is 28.8 Å². The van der Waals surface area contributed by atoms with Crippen LogP contribution in [0.5, 0.6) is 11.5 Å². The minimum Gasteiger partial charge on any atom is -0.493 e. The standard InChI is InChI=1S/C27H23FN4O4/c1-34-24-10-9-18(13-25(24)35-2)26-21(17-32(31-26)16-19-6-3-4-8-23(19)28)12-20(14-29)27(33)30-15-22-7-5-11-36-22/h3-13,17H,15-16H2,1-2H3,(H,30,33). The van der Waals surface area contributed by atoms with Gasteiger partial charge >= 0.3 is 0 Å². The molecule has 0 bridgehead atoms. The third-order valence-corrected chi connectivity index (χ3v) is 5.41. The summed E-state index contributed by atoms with van der Waals surface area (Å²) in [5.41, 5.74) is 1.99. The van der Waals surface area contributed by atoms with Crippen LogP contribution in [0.2, 0.25) is 0 Å². The summed E-state index contributed by atoms with van der Waals surface area (Å²) >= 11 is 0. The molecule has 0 aliphatic carbocycles. The van der Waals surface area contributed by atoms with E-state index in [0.29, 0.717) is 39.6 Å². The summed E-state index contributed by atoms with van der Waals surface area (Å²) in [4.78, 5) is 12.7. The second-order valence-corrected chi connectivity index (χ2v) is 7.72. The van der Waals surface area contributed by atoms with Crippen LogP contribution in [0.25, 0.3) is 17.3 Å². The maximum Gasteiger partial charge on any atom is 0.262 e. The summed E-state index contributed by atoms with van der Waals surface area (Å²) in [5.74, 6) is 0.676. The molecule has 182 valence electrons. The van der Waals surface area contributed by atoms with Crippen molar-refractivity contribution < 1.29 is 23.1 Å². The van der Waals surface area contributed by atoms with Gasteiger partial charge in [0.2, 0.25) is 0 Å². The minimum atomic E-state index is -0.561. The van der Waals surface area contributed by atoms with E-state index in [4.69, 9.17) is 13.9 Å². The van der Waals surface area contributed by atoms with Crippen LogP contribution in [-0.2, 0) is 17.9 Å². The number of methoxy groups -OCH3 is 2.